The summed E-state index contributed by atoms with van der Waals surface area (Å²) in [5.74, 6) is -0.630. The summed E-state index contributed by atoms with van der Waals surface area (Å²) in [4.78, 5) is 24.0. The van der Waals surface area contributed by atoms with Crippen molar-refractivity contribution in [3.8, 4) is 11.1 Å². The number of alkyl carbamates (subject to hydrolysis) is 1. The van der Waals surface area contributed by atoms with E-state index < -0.39 is 18.1 Å². The summed E-state index contributed by atoms with van der Waals surface area (Å²) in [5, 5.41) is 12.0. The first-order valence-electron chi connectivity index (χ1n) is 10.6. The Labute approximate surface area is 176 Å². The summed E-state index contributed by atoms with van der Waals surface area (Å²) >= 11 is 0. The van der Waals surface area contributed by atoms with Crippen LogP contribution in [0.4, 0.5) is 4.79 Å². The molecule has 1 heterocycles. The van der Waals surface area contributed by atoms with Crippen molar-refractivity contribution in [1.82, 2.24) is 5.32 Å². The van der Waals surface area contributed by atoms with Crippen molar-refractivity contribution in [2.45, 2.75) is 37.6 Å². The molecular formula is C24H27NO5. The van der Waals surface area contributed by atoms with Crippen LogP contribution in [0.5, 0.6) is 0 Å². The van der Waals surface area contributed by atoms with Gasteiger partial charge in [-0.1, -0.05) is 48.5 Å². The van der Waals surface area contributed by atoms with Crippen LogP contribution in [0.3, 0.4) is 0 Å². The molecule has 6 nitrogen and oxygen atoms in total. The molecule has 1 amide bonds. The van der Waals surface area contributed by atoms with Crippen LogP contribution in [0, 0.1) is 5.92 Å². The summed E-state index contributed by atoms with van der Waals surface area (Å²) in [7, 11) is 0. The topological polar surface area (TPSA) is 84.9 Å². The van der Waals surface area contributed by atoms with Crippen molar-refractivity contribution >= 4 is 12.1 Å². The van der Waals surface area contributed by atoms with Gasteiger partial charge in [0, 0.05) is 19.1 Å². The molecular weight excluding hydrogens is 382 g/mol. The van der Waals surface area contributed by atoms with Gasteiger partial charge in [-0.3, -0.25) is 0 Å². The van der Waals surface area contributed by atoms with Crippen LogP contribution in [-0.4, -0.2) is 43.0 Å². The molecule has 0 spiro atoms. The fourth-order valence-corrected chi connectivity index (χ4v) is 4.48. The summed E-state index contributed by atoms with van der Waals surface area (Å²) in [5.41, 5.74) is 4.56. The highest BCUT2D eigenvalue weighted by Gasteiger charge is 2.30. The van der Waals surface area contributed by atoms with Crippen LogP contribution < -0.4 is 5.32 Å². The number of rotatable bonds is 7. The van der Waals surface area contributed by atoms with E-state index in [1.807, 2.05) is 24.3 Å². The molecule has 0 bridgehead atoms. The Balaban J connectivity index is 1.35. The van der Waals surface area contributed by atoms with Crippen LogP contribution in [0.1, 0.15) is 42.7 Å². The van der Waals surface area contributed by atoms with Gasteiger partial charge in [-0.25, -0.2) is 9.59 Å². The monoisotopic (exact) mass is 409 g/mol. The third-order valence-corrected chi connectivity index (χ3v) is 6.14. The Bertz CT molecular complexity index is 860. The van der Waals surface area contributed by atoms with Crippen LogP contribution in [0.2, 0.25) is 0 Å². The highest BCUT2D eigenvalue weighted by Crippen LogP contribution is 2.44. The second-order valence-corrected chi connectivity index (χ2v) is 7.99. The first-order chi connectivity index (χ1) is 14.6. The SMILES string of the molecule is O=C(N[C@@H](CCC1CCOCC1)C(=O)O)OCC1c2ccccc2-c2ccccc21. The first kappa shape index (κ1) is 20.4. The zero-order chi connectivity index (χ0) is 20.9. The highest BCUT2D eigenvalue weighted by molar-refractivity contribution is 5.81. The Kier molecular flexibility index (Phi) is 6.33. The van der Waals surface area contributed by atoms with E-state index in [1.54, 1.807) is 0 Å². The molecule has 1 fully saturated rings. The minimum atomic E-state index is -1.03. The van der Waals surface area contributed by atoms with E-state index in [9.17, 15) is 14.7 Å². The van der Waals surface area contributed by atoms with Crippen LogP contribution in [-0.2, 0) is 14.3 Å². The van der Waals surface area contributed by atoms with Gasteiger partial charge < -0.3 is 19.9 Å². The normalized spacial score (nSPS) is 17.1. The quantitative estimate of drug-likeness (QED) is 0.716. The zero-order valence-corrected chi connectivity index (χ0v) is 16.9. The molecule has 158 valence electrons. The van der Waals surface area contributed by atoms with Gasteiger partial charge in [0.05, 0.1) is 0 Å². The molecule has 1 aliphatic carbocycles. The maximum absolute atomic E-state index is 12.4. The van der Waals surface area contributed by atoms with E-state index in [-0.39, 0.29) is 12.5 Å². The largest absolute Gasteiger partial charge is 0.480 e. The van der Waals surface area contributed by atoms with Gasteiger partial charge >= 0.3 is 12.1 Å². The van der Waals surface area contributed by atoms with Crippen molar-refractivity contribution in [2.24, 2.45) is 5.92 Å². The molecule has 0 radical (unpaired) electrons. The van der Waals surface area contributed by atoms with E-state index >= 15 is 0 Å². The molecule has 1 aliphatic heterocycles. The maximum Gasteiger partial charge on any atom is 0.407 e. The number of carbonyl (C=O) groups is 2. The predicted molar refractivity (Wildman–Crippen MR) is 112 cm³/mol. The molecule has 0 unspecified atom stereocenters. The Hall–Kier alpha value is -2.86. The Morgan fingerprint density at radius 1 is 1.03 bits per heavy atom. The fourth-order valence-electron chi connectivity index (χ4n) is 4.48. The van der Waals surface area contributed by atoms with E-state index in [1.165, 1.54) is 0 Å². The maximum atomic E-state index is 12.4. The Morgan fingerprint density at radius 2 is 1.63 bits per heavy atom. The molecule has 1 saturated heterocycles. The number of nitrogens with one attached hydrogen (secondary N) is 1. The highest BCUT2D eigenvalue weighted by atomic mass is 16.5. The van der Waals surface area contributed by atoms with Gasteiger partial charge in [0.1, 0.15) is 12.6 Å². The number of benzene rings is 2. The third kappa shape index (κ3) is 4.49. The molecule has 2 aromatic rings. The molecule has 6 heteroatoms. The van der Waals surface area contributed by atoms with Gasteiger partial charge in [-0.05, 0) is 53.9 Å². The summed E-state index contributed by atoms with van der Waals surface area (Å²) in [6, 6.07) is 15.3. The van der Waals surface area contributed by atoms with E-state index in [2.05, 4.69) is 29.6 Å². The zero-order valence-electron chi connectivity index (χ0n) is 16.9. The van der Waals surface area contributed by atoms with Crippen molar-refractivity contribution in [2.75, 3.05) is 19.8 Å². The molecule has 2 N–H and O–H groups in total. The lowest BCUT2D eigenvalue weighted by Crippen LogP contribution is -2.41. The number of hydrogen-bond donors (Lipinski definition) is 2. The van der Waals surface area contributed by atoms with E-state index in [4.69, 9.17) is 9.47 Å². The fraction of sp³-hybridized carbons (Fsp3) is 0.417. The molecule has 1 atom stereocenters. The van der Waals surface area contributed by atoms with E-state index in [0.29, 0.717) is 12.3 Å². The molecule has 2 aliphatic rings. The van der Waals surface area contributed by atoms with Crippen molar-refractivity contribution in [3.63, 3.8) is 0 Å². The lowest BCUT2D eigenvalue weighted by molar-refractivity contribution is -0.139. The number of hydrogen-bond acceptors (Lipinski definition) is 4. The average Bonchev–Trinajstić information content (AvgIpc) is 3.09. The molecule has 30 heavy (non-hydrogen) atoms. The number of amides is 1. The van der Waals surface area contributed by atoms with Gasteiger partial charge in [-0.15, -0.1) is 0 Å². The van der Waals surface area contributed by atoms with Gasteiger partial charge in [0.2, 0.25) is 0 Å². The lowest BCUT2D eigenvalue weighted by Gasteiger charge is -2.23. The van der Waals surface area contributed by atoms with Crippen molar-refractivity contribution in [3.05, 3.63) is 59.7 Å². The summed E-state index contributed by atoms with van der Waals surface area (Å²) in [6.07, 6.45) is 2.35. The van der Waals surface area contributed by atoms with Crippen molar-refractivity contribution in [1.29, 1.82) is 0 Å². The van der Waals surface area contributed by atoms with Crippen LogP contribution in [0.15, 0.2) is 48.5 Å². The number of fused-ring (bicyclic) bond motifs is 3. The van der Waals surface area contributed by atoms with Gasteiger partial charge in [0.15, 0.2) is 0 Å². The molecule has 0 saturated carbocycles. The number of aliphatic carboxylic acids is 1. The number of carbonyl (C=O) groups excluding carboxylic acids is 1. The minimum Gasteiger partial charge on any atom is -0.480 e. The smallest absolute Gasteiger partial charge is 0.407 e. The first-order valence-corrected chi connectivity index (χ1v) is 10.6. The van der Waals surface area contributed by atoms with Crippen LogP contribution in [0.25, 0.3) is 11.1 Å². The number of ether oxygens (including phenoxy) is 2. The van der Waals surface area contributed by atoms with Crippen molar-refractivity contribution < 1.29 is 24.2 Å². The Morgan fingerprint density at radius 3 is 2.23 bits per heavy atom. The van der Waals surface area contributed by atoms with Crippen LogP contribution >= 0.6 is 0 Å². The van der Waals surface area contributed by atoms with E-state index in [0.717, 1.165) is 54.7 Å². The molecule has 2 aromatic carbocycles. The number of carboxylic acid groups (broad SMARTS) is 1. The second-order valence-electron chi connectivity index (χ2n) is 7.99. The standard InChI is InChI=1S/C24H27NO5/c26-23(27)22(10-9-16-11-13-29-14-12-16)25-24(28)30-15-21-19-7-3-1-5-17(19)18-6-2-4-8-20(18)21/h1-8,16,21-22H,9-15H2,(H,25,28)(H,26,27)/t22-/m0/s1. The lowest BCUT2D eigenvalue weighted by atomic mass is 9.93. The predicted octanol–water partition coefficient (Wildman–Crippen LogP) is 4.19. The average molecular weight is 409 g/mol. The third-order valence-electron chi connectivity index (χ3n) is 6.14. The van der Waals surface area contributed by atoms with Gasteiger partial charge in [-0.2, -0.15) is 0 Å². The molecule has 0 aromatic heterocycles. The van der Waals surface area contributed by atoms with Gasteiger partial charge in [0.25, 0.3) is 0 Å². The summed E-state index contributed by atoms with van der Waals surface area (Å²) in [6.45, 7) is 1.62. The second kappa shape index (κ2) is 9.30. The number of carboxylic acids is 1. The summed E-state index contributed by atoms with van der Waals surface area (Å²) < 4.78 is 10.8. The minimum absolute atomic E-state index is 0.0475. The molecule has 4 rings (SSSR count).